The van der Waals surface area contributed by atoms with Crippen molar-refractivity contribution in [1.82, 2.24) is 58.5 Å². The van der Waals surface area contributed by atoms with E-state index < -0.39 is 151 Å². The first-order valence-electron chi connectivity index (χ1n) is 24.3. The highest BCUT2D eigenvalue weighted by atomic mass is 33.1. The molecular weight excluding hydrogens is 1040 g/mol. The number of carboxylic acids is 2. The van der Waals surface area contributed by atoms with Crippen molar-refractivity contribution in [3.05, 3.63) is 0 Å². The lowest BCUT2D eigenvalue weighted by Gasteiger charge is -2.28. The molecule has 0 aromatic carbocycles. The zero-order chi connectivity index (χ0) is 57.1. The summed E-state index contributed by atoms with van der Waals surface area (Å²) in [6.45, 7) is 4.65. The van der Waals surface area contributed by atoms with E-state index in [0.29, 0.717) is 19.4 Å². The maximum absolute atomic E-state index is 14.2. The largest absolute Gasteiger partial charge is 0.481 e. The fraction of sp³-hybridized carbons (Fsp3) is 0.674. The molecule has 33 heteroatoms. The quantitative estimate of drug-likeness (QED) is 0.0278. The van der Waals surface area contributed by atoms with Crippen molar-refractivity contribution in [3.8, 4) is 0 Å². The van der Waals surface area contributed by atoms with Crippen molar-refractivity contribution in [2.24, 2.45) is 38.8 Å². The molecule has 2 rings (SSSR count). The van der Waals surface area contributed by atoms with Crippen LogP contribution in [0, 0.1) is 5.92 Å². The summed E-state index contributed by atoms with van der Waals surface area (Å²) in [5.41, 5.74) is 21.9. The average molecular weight is 1120 g/mol. The Morgan fingerprint density at radius 2 is 1.24 bits per heavy atom. The van der Waals surface area contributed by atoms with Crippen LogP contribution in [0.1, 0.15) is 79.1 Å². The maximum atomic E-state index is 14.2. The van der Waals surface area contributed by atoms with Gasteiger partial charge in [0.05, 0.1) is 25.6 Å². The van der Waals surface area contributed by atoms with Crippen molar-refractivity contribution < 1.29 is 67.7 Å². The molecule has 2 aliphatic rings. The standard InChI is InChI=1S/C43H73N17O14S2/c1-5-20(2)32-40(72)58-26(15-31(63)64)34(66)52-16-29(61)51-17-30(62)55-27(38(70)54-22(4)41(73)74)18-75-76-19-28(59-35(67)23-9-6-12-48-23)39(71)57-24(10-7-13-49-42(44)45)36(68)53-21(3)33(65)56-25(37(69)60-32)11-8-14-50-43(46)47/h20-28,32,48H,5-19H2,1-4H3,(H,51,61)(H,52,66)(H,53,68)(H,54,70)(H,55,62)(H,56,65)(H,57,71)(H,58,72)(H,59,67)(H,60,69)(H,63,64)(H,73,74)(H4,44,45,49)(H4,46,47,50)/t20-,21-,22+,23-,24-,25-,26-,27-,28-,32-/m0/s1. The molecule has 2 saturated heterocycles. The third-order valence-corrected chi connectivity index (χ3v) is 13.9. The lowest BCUT2D eigenvalue weighted by molar-refractivity contribution is -0.142. The molecule has 0 radical (unpaired) electrons. The number of aliphatic carboxylic acids is 2. The molecule has 0 aliphatic carbocycles. The van der Waals surface area contributed by atoms with Crippen molar-refractivity contribution in [2.75, 3.05) is 44.2 Å². The Morgan fingerprint density at radius 3 is 1.79 bits per heavy atom. The molecule has 0 saturated carbocycles. The summed E-state index contributed by atoms with van der Waals surface area (Å²) in [6.07, 6.45) is 0.396. The molecule has 31 nitrogen and oxygen atoms in total. The van der Waals surface area contributed by atoms with Gasteiger partial charge >= 0.3 is 11.9 Å². The zero-order valence-electron chi connectivity index (χ0n) is 42.7. The smallest absolute Gasteiger partial charge is 0.325 e. The number of guanidine groups is 2. The number of nitrogens with zero attached hydrogens (tertiary/aromatic N) is 2. The minimum Gasteiger partial charge on any atom is -0.481 e. The number of nitrogens with one attached hydrogen (secondary N) is 11. The average Bonchev–Trinajstić information content (AvgIpc) is 3.91. The fourth-order valence-corrected chi connectivity index (χ4v) is 9.35. The van der Waals surface area contributed by atoms with E-state index >= 15 is 0 Å². The molecule has 10 atom stereocenters. The highest BCUT2D eigenvalue weighted by molar-refractivity contribution is 8.76. The number of hydrogen-bond donors (Lipinski definition) is 17. The predicted molar refractivity (Wildman–Crippen MR) is 278 cm³/mol. The first-order chi connectivity index (χ1) is 35.8. The van der Waals surface area contributed by atoms with Crippen LogP contribution in [0.3, 0.4) is 0 Å². The number of rotatable bonds is 17. The van der Waals surface area contributed by atoms with Crippen LogP contribution in [0.2, 0.25) is 0 Å². The second-order valence-electron chi connectivity index (χ2n) is 17.7. The summed E-state index contributed by atoms with van der Waals surface area (Å²) >= 11 is 0. The highest BCUT2D eigenvalue weighted by Crippen LogP contribution is 2.24. The molecular formula is C43H73N17O14S2. The Labute approximate surface area is 445 Å². The van der Waals surface area contributed by atoms with Crippen molar-refractivity contribution in [3.63, 3.8) is 0 Å². The van der Waals surface area contributed by atoms with E-state index in [0.717, 1.165) is 21.6 Å². The number of carbonyl (C=O) groups is 12. The van der Waals surface area contributed by atoms with Crippen LogP contribution in [0.15, 0.2) is 9.98 Å². The number of amides is 10. The normalized spacial score (nSPS) is 25.2. The summed E-state index contributed by atoms with van der Waals surface area (Å²) in [5.74, 6) is -13.7. The Morgan fingerprint density at radius 1 is 0.671 bits per heavy atom. The van der Waals surface area contributed by atoms with Gasteiger partial charge in [-0.25, -0.2) is 0 Å². The van der Waals surface area contributed by atoms with Crippen LogP contribution in [0.5, 0.6) is 0 Å². The molecule has 0 unspecified atom stereocenters. The lowest BCUT2D eigenvalue weighted by Crippen LogP contribution is -2.60. The minimum atomic E-state index is -1.81. The lowest BCUT2D eigenvalue weighted by atomic mass is 9.97. The van der Waals surface area contributed by atoms with E-state index in [1.165, 1.54) is 13.8 Å². The monoisotopic (exact) mass is 1120 g/mol. The number of nitrogens with two attached hydrogens (primary N) is 4. The minimum absolute atomic E-state index is 0.00337. The van der Waals surface area contributed by atoms with Gasteiger partial charge in [0.2, 0.25) is 59.1 Å². The molecule has 76 heavy (non-hydrogen) atoms. The highest BCUT2D eigenvalue weighted by Gasteiger charge is 2.36. The summed E-state index contributed by atoms with van der Waals surface area (Å²) in [7, 11) is 1.89. The van der Waals surface area contributed by atoms with Gasteiger partial charge in [0.15, 0.2) is 11.9 Å². The third kappa shape index (κ3) is 24.5. The van der Waals surface area contributed by atoms with Crippen LogP contribution in [-0.4, -0.2) is 192 Å². The Hall–Kier alpha value is -7.16. The molecule has 0 spiro atoms. The topological polar surface area (TPSA) is 506 Å². The van der Waals surface area contributed by atoms with Crippen LogP contribution in [0.25, 0.3) is 0 Å². The Balaban J connectivity index is 2.66. The van der Waals surface area contributed by atoms with Gasteiger partial charge in [-0.3, -0.25) is 67.5 Å². The van der Waals surface area contributed by atoms with Gasteiger partial charge in [0.25, 0.3) is 0 Å². The van der Waals surface area contributed by atoms with Crippen LogP contribution >= 0.6 is 21.6 Å². The summed E-state index contributed by atoms with van der Waals surface area (Å²) < 4.78 is 0. The van der Waals surface area contributed by atoms with Gasteiger partial charge < -0.3 is 91.6 Å². The van der Waals surface area contributed by atoms with E-state index in [2.05, 4.69) is 68.5 Å². The van der Waals surface area contributed by atoms with Gasteiger partial charge in [-0.1, -0.05) is 41.9 Å². The summed E-state index contributed by atoms with van der Waals surface area (Å²) in [4.78, 5) is 167. The second kappa shape index (κ2) is 33.7. The molecule has 10 amide bonds. The summed E-state index contributed by atoms with van der Waals surface area (Å²) in [5, 5.41) is 46.4. The van der Waals surface area contributed by atoms with E-state index in [1.54, 1.807) is 13.8 Å². The first kappa shape index (κ1) is 65.0. The van der Waals surface area contributed by atoms with Crippen LogP contribution in [-0.2, 0) is 57.5 Å². The predicted octanol–water partition coefficient (Wildman–Crippen LogP) is -7.00. The van der Waals surface area contributed by atoms with Crippen LogP contribution < -0.4 is 81.4 Å². The SMILES string of the molecule is CC[C@H](C)[C@@H]1NC(=O)[C@H](CCCN=C(N)N)NC(=O)[C@H](C)NC(=O)[C@H](CCCN=C(N)N)NC(=O)[C@@H](NC(=O)[C@@H]2CCCN2)CSSC[C@@H](C(=O)N[C@H](C)C(=O)O)NC(=O)CNC(=O)CNC(=O)[C@H](CC(=O)O)NC1=O. The van der Waals surface area contributed by atoms with Crippen molar-refractivity contribution >= 4 is 105 Å². The number of aliphatic imine (C=N–C) groups is 2. The molecule has 2 aliphatic heterocycles. The summed E-state index contributed by atoms with van der Waals surface area (Å²) in [6, 6.07) is -12.3. The molecule has 2 heterocycles. The van der Waals surface area contributed by atoms with Crippen molar-refractivity contribution in [2.45, 2.75) is 133 Å². The van der Waals surface area contributed by atoms with Gasteiger partial charge in [-0.05, 0) is 64.8 Å². The van der Waals surface area contributed by atoms with Gasteiger partial charge in [-0.2, -0.15) is 0 Å². The molecule has 2 fully saturated rings. The van der Waals surface area contributed by atoms with Gasteiger partial charge in [0.1, 0.15) is 48.3 Å². The second-order valence-corrected chi connectivity index (χ2v) is 20.3. The third-order valence-electron chi connectivity index (χ3n) is 11.5. The molecule has 0 aromatic rings. The number of carboxylic acid groups (broad SMARTS) is 2. The Kier molecular flexibility index (Phi) is 28.8. The van der Waals surface area contributed by atoms with E-state index in [-0.39, 0.29) is 68.6 Å². The molecule has 426 valence electrons. The van der Waals surface area contributed by atoms with Crippen LogP contribution in [0.4, 0.5) is 0 Å². The van der Waals surface area contributed by atoms with Gasteiger partial charge in [0, 0.05) is 24.6 Å². The van der Waals surface area contributed by atoms with Crippen molar-refractivity contribution in [1.29, 1.82) is 0 Å². The van der Waals surface area contributed by atoms with E-state index in [1.807, 2.05) is 0 Å². The Bertz CT molecular complexity index is 2140. The zero-order valence-corrected chi connectivity index (χ0v) is 44.3. The molecule has 21 N–H and O–H groups in total. The van der Waals surface area contributed by atoms with E-state index in [4.69, 9.17) is 22.9 Å². The van der Waals surface area contributed by atoms with E-state index in [9.17, 15) is 67.7 Å². The number of hydrogen-bond acceptors (Lipinski definition) is 17. The molecule has 0 aromatic heterocycles. The maximum Gasteiger partial charge on any atom is 0.325 e. The first-order valence-corrected chi connectivity index (χ1v) is 26.8. The van der Waals surface area contributed by atoms with Gasteiger partial charge in [-0.15, -0.1) is 0 Å². The fourth-order valence-electron chi connectivity index (χ4n) is 7.03. The molecule has 0 bridgehead atoms. The number of carbonyl (C=O) groups excluding carboxylic acids is 10.